The zero-order chi connectivity index (χ0) is 14.3. The number of hydrogen-bond donors (Lipinski definition) is 1. The molecular weight excluding hydrogens is 310 g/mol. The van der Waals surface area contributed by atoms with E-state index >= 15 is 0 Å². The highest BCUT2D eigenvalue weighted by molar-refractivity contribution is 9.10. The average molecular weight is 326 g/mol. The van der Waals surface area contributed by atoms with Crippen LogP contribution in [0, 0.1) is 12.3 Å². The number of rotatable bonds is 7. The van der Waals surface area contributed by atoms with Crippen molar-refractivity contribution in [2.75, 3.05) is 25.1 Å². The molecule has 0 radical (unpaired) electrons. The van der Waals surface area contributed by atoms with Crippen LogP contribution in [0.1, 0.15) is 6.92 Å². The fourth-order valence-corrected chi connectivity index (χ4v) is 1.74. The van der Waals surface area contributed by atoms with Crippen LogP contribution in [0.15, 0.2) is 27.6 Å². The summed E-state index contributed by atoms with van der Waals surface area (Å²) >= 11 is 3.23. The molecule has 1 aromatic rings. The van der Waals surface area contributed by atoms with Crippen molar-refractivity contribution in [3.05, 3.63) is 33.2 Å². The first-order valence-corrected chi connectivity index (χ1v) is 6.50. The minimum Gasteiger partial charge on any atom is -0.380 e. The van der Waals surface area contributed by atoms with Crippen LogP contribution in [0.25, 0.3) is 0 Å². The molecular formula is C13H16BrN3O2. The fourth-order valence-electron chi connectivity index (χ4n) is 1.29. The second-order valence-corrected chi connectivity index (χ2v) is 4.77. The molecule has 102 valence electrons. The van der Waals surface area contributed by atoms with Gasteiger partial charge in [-0.25, -0.2) is 4.68 Å². The van der Waals surface area contributed by atoms with Crippen molar-refractivity contribution in [1.29, 1.82) is 0 Å². The van der Waals surface area contributed by atoms with E-state index in [4.69, 9.17) is 11.2 Å². The summed E-state index contributed by atoms with van der Waals surface area (Å²) in [6.45, 7) is 7.42. The van der Waals surface area contributed by atoms with Crippen LogP contribution in [0.4, 0.5) is 5.69 Å². The average Bonchev–Trinajstić information content (AvgIpc) is 2.37. The van der Waals surface area contributed by atoms with Gasteiger partial charge in [-0.15, -0.1) is 6.42 Å². The van der Waals surface area contributed by atoms with Crippen molar-refractivity contribution in [2.45, 2.75) is 13.5 Å². The Labute approximate surface area is 120 Å². The molecule has 0 aromatic carbocycles. The molecule has 0 aliphatic rings. The summed E-state index contributed by atoms with van der Waals surface area (Å²) in [4.78, 5) is 11.8. The van der Waals surface area contributed by atoms with E-state index in [1.54, 1.807) is 6.20 Å². The smallest absolute Gasteiger partial charge is 0.284 e. The number of nitrogens with one attached hydrogen (secondary N) is 1. The fraction of sp³-hybridized carbons (Fsp3) is 0.385. The molecule has 0 fully saturated rings. The molecule has 1 heterocycles. The Morgan fingerprint density at radius 2 is 2.47 bits per heavy atom. The highest BCUT2D eigenvalue weighted by Gasteiger charge is 2.07. The summed E-state index contributed by atoms with van der Waals surface area (Å²) in [5.41, 5.74) is 1.34. The molecule has 0 saturated heterocycles. The largest absolute Gasteiger partial charge is 0.380 e. The highest BCUT2D eigenvalue weighted by Crippen LogP contribution is 2.15. The minimum atomic E-state index is -0.259. The number of terminal acetylenes is 1. The first-order valence-electron chi connectivity index (χ1n) is 5.71. The van der Waals surface area contributed by atoms with Crippen molar-refractivity contribution in [2.24, 2.45) is 0 Å². The third-order valence-corrected chi connectivity index (χ3v) is 2.90. The third kappa shape index (κ3) is 4.89. The van der Waals surface area contributed by atoms with Crippen LogP contribution in [0.3, 0.4) is 0 Å². The molecule has 6 heteroatoms. The van der Waals surface area contributed by atoms with E-state index in [0.717, 1.165) is 5.57 Å². The van der Waals surface area contributed by atoms with Crippen molar-refractivity contribution in [1.82, 2.24) is 9.78 Å². The van der Waals surface area contributed by atoms with Gasteiger partial charge >= 0.3 is 0 Å². The van der Waals surface area contributed by atoms with E-state index in [2.05, 4.69) is 38.8 Å². The summed E-state index contributed by atoms with van der Waals surface area (Å²) in [6.07, 6.45) is 6.71. The van der Waals surface area contributed by atoms with E-state index in [-0.39, 0.29) is 12.1 Å². The summed E-state index contributed by atoms with van der Waals surface area (Å²) in [5, 5.41) is 7.04. The molecule has 0 amide bonds. The van der Waals surface area contributed by atoms with Crippen molar-refractivity contribution >= 4 is 21.6 Å². The van der Waals surface area contributed by atoms with Gasteiger partial charge in [-0.05, 0) is 22.9 Å². The normalized spacial score (nSPS) is 9.95. The number of hydrogen-bond acceptors (Lipinski definition) is 4. The Bertz CT molecular complexity index is 546. The molecule has 0 aliphatic heterocycles. The Kier molecular flexibility index (Phi) is 6.33. The van der Waals surface area contributed by atoms with Gasteiger partial charge in [0.2, 0.25) is 0 Å². The molecule has 1 aromatic heterocycles. The molecule has 19 heavy (non-hydrogen) atoms. The van der Waals surface area contributed by atoms with E-state index in [0.29, 0.717) is 29.9 Å². The first-order chi connectivity index (χ1) is 9.06. The van der Waals surface area contributed by atoms with Crippen LogP contribution in [0.5, 0.6) is 0 Å². The molecule has 0 bridgehead atoms. The van der Waals surface area contributed by atoms with Gasteiger partial charge in [0.1, 0.15) is 11.0 Å². The number of halogens is 1. The van der Waals surface area contributed by atoms with Gasteiger partial charge < -0.3 is 10.1 Å². The van der Waals surface area contributed by atoms with Crippen LogP contribution >= 0.6 is 15.9 Å². The quantitative estimate of drug-likeness (QED) is 0.470. The van der Waals surface area contributed by atoms with E-state index in [1.807, 2.05) is 6.92 Å². The predicted octanol–water partition coefficient (Wildman–Crippen LogP) is 1.64. The van der Waals surface area contributed by atoms with Gasteiger partial charge in [0.15, 0.2) is 0 Å². The Balaban J connectivity index is 2.56. The van der Waals surface area contributed by atoms with Gasteiger partial charge in [0.25, 0.3) is 5.56 Å². The lowest BCUT2D eigenvalue weighted by molar-refractivity contribution is 0.167. The van der Waals surface area contributed by atoms with E-state index in [9.17, 15) is 4.79 Å². The molecule has 1 rings (SSSR count). The van der Waals surface area contributed by atoms with Gasteiger partial charge in [-0.3, -0.25) is 4.79 Å². The number of anilines is 1. The molecule has 0 unspecified atom stereocenters. The monoisotopic (exact) mass is 325 g/mol. The summed E-state index contributed by atoms with van der Waals surface area (Å²) in [5.74, 6) is 2.37. The Morgan fingerprint density at radius 3 is 3.11 bits per heavy atom. The second kappa shape index (κ2) is 7.77. The Morgan fingerprint density at radius 1 is 1.74 bits per heavy atom. The van der Waals surface area contributed by atoms with Crippen molar-refractivity contribution < 1.29 is 4.74 Å². The number of ether oxygens (including phenoxy) is 1. The maximum Gasteiger partial charge on any atom is 0.284 e. The van der Waals surface area contributed by atoms with Gasteiger partial charge in [0.05, 0.1) is 25.1 Å². The maximum absolute atomic E-state index is 11.8. The van der Waals surface area contributed by atoms with Gasteiger partial charge in [0, 0.05) is 6.54 Å². The lowest BCUT2D eigenvalue weighted by atomic mass is 10.4. The molecule has 0 spiro atoms. The molecule has 0 aliphatic carbocycles. The Hall–Kier alpha value is -1.58. The van der Waals surface area contributed by atoms with Crippen LogP contribution < -0.4 is 10.9 Å². The topological polar surface area (TPSA) is 56.1 Å². The number of aromatic nitrogens is 2. The van der Waals surface area contributed by atoms with Crippen molar-refractivity contribution in [3.63, 3.8) is 0 Å². The van der Waals surface area contributed by atoms with E-state index in [1.165, 1.54) is 4.68 Å². The zero-order valence-electron chi connectivity index (χ0n) is 10.8. The van der Waals surface area contributed by atoms with Crippen LogP contribution in [-0.2, 0) is 11.3 Å². The molecule has 1 N–H and O–H groups in total. The van der Waals surface area contributed by atoms with Crippen LogP contribution in [0.2, 0.25) is 0 Å². The van der Waals surface area contributed by atoms with Crippen molar-refractivity contribution in [3.8, 4) is 12.3 Å². The molecule has 0 atom stereocenters. The van der Waals surface area contributed by atoms with Gasteiger partial charge in [-0.2, -0.15) is 5.10 Å². The molecule has 5 nitrogen and oxygen atoms in total. The maximum atomic E-state index is 11.8. The number of nitrogens with zero attached hydrogens (tertiary/aromatic N) is 2. The summed E-state index contributed by atoms with van der Waals surface area (Å²) < 4.78 is 6.97. The summed E-state index contributed by atoms with van der Waals surface area (Å²) in [7, 11) is 0. The molecule has 0 saturated carbocycles. The van der Waals surface area contributed by atoms with Crippen LogP contribution in [-0.4, -0.2) is 29.5 Å². The van der Waals surface area contributed by atoms with Gasteiger partial charge in [-0.1, -0.05) is 18.1 Å². The first kappa shape index (κ1) is 15.5. The minimum absolute atomic E-state index is 0.152. The summed E-state index contributed by atoms with van der Waals surface area (Å²) in [6, 6.07) is 0. The SMILES string of the molecule is C#CCn1ncc(NCCOCC(=C)C)c(Br)c1=O. The van der Waals surface area contributed by atoms with E-state index < -0.39 is 0 Å². The highest BCUT2D eigenvalue weighted by atomic mass is 79.9. The lowest BCUT2D eigenvalue weighted by Crippen LogP contribution is -2.24. The lowest BCUT2D eigenvalue weighted by Gasteiger charge is -2.09. The predicted molar refractivity (Wildman–Crippen MR) is 79.2 cm³/mol. The standard InChI is InChI=1S/C13H16BrN3O2/c1-4-6-17-13(18)12(14)11(8-16-17)15-5-7-19-9-10(2)3/h1,8,15H,2,5-7,9H2,3H3. The third-order valence-electron chi connectivity index (χ3n) is 2.14. The second-order valence-electron chi connectivity index (χ2n) is 3.98. The zero-order valence-corrected chi connectivity index (χ0v) is 12.4.